The summed E-state index contributed by atoms with van der Waals surface area (Å²) >= 11 is 1.37. The van der Waals surface area contributed by atoms with Gasteiger partial charge in [-0.3, -0.25) is 4.79 Å². The second-order valence-corrected chi connectivity index (χ2v) is 7.17. The van der Waals surface area contributed by atoms with E-state index >= 15 is 0 Å². The lowest BCUT2D eigenvalue weighted by Gasteiger charge is -2.04. The van der Waals surface area contributed by atoms with Gasteiger partial charge in [0.15, 0.2) is 5.17 Å². The van der Waals surface area contributed by atoms with Crippen molar-refractivity contribution in [1.29, 1.82) is 0 Å². The van der Waals surface area contributed by atoms with Crippen LogP contribution in [0.2, 0.25) is 0 Å². The summed E-state index contributed by atoms with van der Waals surface area (Å²) in [6, 6.07) is 16.2. The van der Waals surface area contributed by atoms with Crippen LogP contribution in [0.3, 0.4) is 0 Å². The number of nitrogens with zero attached hydrogens (tertiary/aromatic N) is 1. The molecule has 1 heterocycles. The van der Waals surface area contributed by atoms with E-state index in [0.717, 1.165) is 11.3 Å². The summed E-state index contributed by atoms with van der Waals surface area (Å²) in [4.78, 5) is 17.3. The van der Waals surface area contributed by atoms with Gasteiger partial charge in [0.05, 0.1) is 10.6 Å². The van der Waals surface area contributed by atoms with Crippen molar-refractivity contribution in [2.75, 3.05) is 0 Å². The van der Waals surface area contributed by atoms with E-state index in [2.05, 4.69) is 36.3 Å². The van der Waals surface area contributed by atoms with Crippen LogP contribution in [-0.4, -0.2) is 11.1 Å². The molecule has 1 N–H and O–H groups in total. The Kier molecular flexibility index (Phi) is 4.86. The van der Waals surface area contributed by atoms with E-state index in [9.17, 15) is 4.79 Å². The summed E-state index contributed by atoms with van der Waals surface area (Å²) in [6.07, 6.45) is 1.90. The lowest BCUT2D eigenvalue weighted by molar-refractivity contribution is -0.115. The fourth-order valence-electron chi connectivity index (χ4n) is 2.35. The molecule has 24 heavy (non-hydrogen) atoms. The molecule has 122 valence electrons. The Balaban J connectivity index is 1.77. The van der Waals surface area contributed by atoms with E-state index in [0.29, 0.717) is 16.0 Å². The van der Waals surface area contributed by atoms with E-state index in [1.807, 2.05) is 49.4 Å². The highest BCUT2D eigenvalue weighted by molar-refractivity contribution is 8.18. The lowest BCUT2D eigenvalue weighted by atomic mass is 10.0. The van der Waals surface area contributed by atoms with Gasteiger partial charge in [0, 0.05) is 0 Å². The third kappa shape index (κ3) is 3.95. The van der Waals surface area contributed by atoms with Crippen LogP contribution >= 0.6 is 11.8 Å². The summed E-state index contributed by atoms with van der Waals surface area (Å²) in [5, 5.41) is 3.44. The number of amides is 1. The van der Waals surface area contributed by atoms with Gasteiger partial charge in [-0.05, 0) is 53.9 Å². The predicted molar refractivity (Wildman–Crippen MR) is 103 cm³/mol. The van der Waals surface area contributed by atoms with E-state index in [-0.39, 0.29) is 5.91 Å². The maximum atomic E-state index is 12.1. The van der Waals surface area contributed by atoms with Crippen LogP contribution < -0.4 is 5.32 Å². The number of hydrogen-bond donors (Lipinski definition) is 1. The van der Waals surface area contributed by atoms with Gasteiger partial charge in [-0.1, -0.05) is 55.8 Å². The molecule has 1 fully saturated rings. The van der Waals surface area contributed by atoms with Crippen LogP contribution in [0.1, 0.15) is 36.5 Å². The molecule has 0 atom stereocenters. The minimum absolute atomic E-state index is 0.0983. The molecule has 3 nitrogen and oxygen atoms in total. The number of hydrogen-bond acceptors (Lipinski definition) is 3. The Morgan fingerprint density at radius 2 is 1.71 bits per heavy atom. The van der Waals surface area contributed by atoms with Crippen molar-refractivity contribution < 1.29 is 4.79 Å². The zero-order valence-corrected chi connectivity index (χ0v) is 14.9. The number of aliphatic imine (C=N–C) groups is 1. The monoisotopic (exact) mass is 336 g/mol. The van der Waals surface area contributed by atoms with Crippen LogP contribution in [0.25, 0.3) is 6.08 Å². The molecule has 0 radical (unpaired) electrons. The van der Waals surface area contributed by atoms with Crippen molar-refractivity contribution >= 4 is 34.6 Å². The normalized spacial score (nSPS) is 17.8. The Morgan fingerprint density at radius 3 is 2.33 bits per heavy atom. The number of carbonyl (C=O) groups is 1. The van der Waals surface area contributed by atoms with Crippen molar-refractivity contribution in [1.82, 2.24) is 5.32 Å². The highest BCUT2D eigenvalue weighted by Gasteiger charge is 2.23. The van der Waals surface area contributed by atoms with Gasteiger partial charge in [0.25, 0.3) is 5.91 Å². The average Bonchev–Trinajstić information content (AvgIpc) is 2.89. The SMILES string of the molecule is Cc1ccc(N=C2NC(=O)/C(=C\c3ccc(C(C)C)cc3)S2)cc1. The molecule has 1 amide bonds. The number of aryl methyl sites for hydroxylation is 1. The van der Waals surface area contributed by atoms with E-state index in [4.69, 9.17) is 0 Å². The number of benzene rings is 2. The number of nitrogens with one attached hydrogen (secondary N) is 1. The molecule has 0 unspecified atom stereocenters. The molecule has 0 bridgehead atoms. The van der Waals surface area contributed by atoms with Crippen molar-refractivity contribution in [3.63, 3.8) is 0 Å². The molecule has 0 aliphatic carbocycles. The molecule has 1 aliphatic rings. The van der Waals surface area contributed by atoms with Gasteiger partial charge in [-0.2, -0.15) is 0 Å². The Labute approximate surface area is 146 Å². The Hall–Kier alpha value is -2.33. The summed E-state index contributed by atoms with van der Waals surface area (Å²) in [7, 11) is 0. The largest absolute Gasteiger partial charge is 0.300 e. The van der Waals surface area contributed by atoms with E-state index in [1.165, 1.54) is 22.9 Å². The highest BCUT2D eigenvalue weighted by atomic mass is 32.2. The van der Waals surface area contributed by atoms with Gasteiger partial charge < -0.3 is 5.32 Å². The first-order chi connectivity index (χ1) is 11.5. The summed E-state index contributed by atoms with van der Waals surface area (Å²) in [5.41, 5.74) is 4.34. The first-order valence-corrected chi connectivity index (χ1v) is 8.79. The minimum Gasteiger partial charge on any atom is -0.300 e. The van der Waals surface area contributed by atoms with Crippen LogP contribution in [0, 0.1) is 6.92 Å². The van der Waals surface area contributed by atoms with Crippen molar-refractivity contribution in [3.8, 4) is 0 Å². The fourth-order valence-corrected chi connectivity index (χ4v) is 3.19. The van der Waals surface area contributed by atoms with Crippen LogP contribution in [0.15, 0.2) is 58.4 Å². The Morgan fingerprint density at radius 1 is 1.04 bits per heavy atom. The predicted octanol–water partition coefficient (Wildman–Crippen LogP) is 5.01. The topological polar surface area (TPSA) is 41.5 Å². The minimum atomic E-state index is -0.0983. The standard InChI is InChI=1S/C20H20N2OS/c1-13(2)16-8-6-15(7-9-16)12-18-19(23)22-20(24-18)21-17-10-4-14(3)5-11-17/h4-13H,1-3H3,(H,21,22,23)/b18-12+. The second kappa shape index (κ2) is 7.05. The first kappa shape index (κ1) is 16.5. The molecule has 2 aromatic rings. The molecule has 4 heteroatoms. The molecular formula is C20H20N2OS. The smallest absolute Gasteiger partial charge is 0.264 e. The van der Waals surface area contributed by atoms with Crippen molar-refractivity contribution in [3.05, 3.63) is 70.1 Å². The maximum absolute atomic E-state index is 12.1. The van der Waals surface area contributed by atoms with Gasteiger partial charge in [0.2, 0.25) is 0 Å². The number of thioether (sulfide) groups is 1. The van der Waals surface area contributed by atoms with Gasteiger partial charge in [-0.25, -0.2) is 4.99 Å². The summed E-state index contributed by atoms with van der Waals surface area (Å²) < 4.78 is 0. The molecule has 1 aliphatic heterocycles. The molecule has 0 saturated carbocycles. The van der Waals surface area contributed by atoms with Crippen molar-refractivity contribution in [2.45, 2.75) is 26.7 Å². The maximum Gasteiger partial charge on any atom is 0.264 e. The second-order valence-electron chi connectivity index (χ2n) is 6.14. The number of rotatable bonds is 3. The van der Waals surface area contributed by atoms with E-state index in [1.54, 1.807) is 0 Å². The Bertz CT molecular complexity index is 803. The van der Waals surface area contributed by atoms with Gasteiger partial charge in [-0.15, -0.1) is 0 Å². The number of amidine groups is 1. The van der Waals surface area contributed by atoms with Gasteiger partial charge in [0.1, 0.15) is 0 Å². The van der Waals surface area contributed by atoms with Crippen molar-refractivity contribution in [2.24, 2.45) is 4.99 Å². The summed E-state index contributed by atoms with van der Waals surface area (Å²) in [6.45, 7) is 6.37. The highest BCUT2D eigenvalue weighted by Crippen LogP contribution is 2.28. The molecule has 3 rings (SSSR count). The van der Waals surface area contributed by atoms with Crippen LogP contribution in [0.5, 0.6) is 0 Å². The molecule has 0 spiro atoms. The number of carbonyl (C=O) groups excluding carboxylic acids is 1. The quantitative estimate of drug-likeness (QED) is 0.801. The summed E-state index contributed by atoms with van der Waals surface area (Å²) in [5.74, 6) is 0.405. The zero-order chi connectivity index (χ0) is 17.1. The molecule has 1 saturated heterocycles. The average molecular weight is 336 g/mol. The lowest BCUT2D eigenvalue weighted by Crippen LogP contribution is -2.19. The third-order valence-electron chi connectivity index (χ3n) is 3.82. The first-order valence-electron chi connectivity index (χ1n) is 7.97. The molecular weight excluding hydrogens is 316 g/mol. The molecule has 0 aromatic heterocycles. The molecule has 2 aromatic carbocycles. The van der Waals surface area contributed by atoms with Crippen LogP contribution in [-0.2, 0) is 4.79 Å². The van der Waals surface area contributed by atoms with Gasteiger partial charge >= 0.3 is 0 Å². The third-order valence-corrected chi connectivity index (χ3v) is 4.73. The fraction of sp³-hybridized carbons (Fsp3) is 0.200. The van der Waals surface area contributed by atoms with Crippen LogP contribution in [0.4, 0.5) is 5.69 Å². The zero-order valence-electron chi connectivity index (χ0n) is 14.0. The van der Waals surface area contributed by atoms with E-state index < -0.39 is 0 Å².